The summed E-state index contributed by atoms with van der Waals surface area (Å²) in [5, 5.41) is 10.6. The summed E-state index contributed by atoms with van der Waals surface area (Å²) < 4.78 is 5.83. The van der Waals surface area contributed by atoms with E-state index in [1.165, 1.54) is 6.42 Å². The van der Waals surface area contributed by atoms with Gasteiger partial charge in [0.1, 0.15) is 5.60 Å². The molecule has 3 nitrogen and oxygen atoms in total. The number of carbonyl (C=O) groups is 1. The largest absolute Gasteiger partial charge is 0.459 e. The van der Waals surface area contributed by atoms with Crippen molar-refractivity contribution in [1.82, 2.24) is 0 Å². The van der Waals surface area contributed by atoms with Crippen LogP contribution >= 0.6 is 0 Å². The van der Waals surface area contributed by atoms with Gasteiger partial charge in [0, 0.05) is 6.42 Å². The Bertz CT molecular complexity index is 337. The SMILES string of the molecule is CCC(CC)C(=O)OC1(C)CC2CCCC(O)(C2)C1. The molecular weight excluding hydrogens is 240 g/mol. The van der Waals surface area contributed by atoms with E-state index in [0.717, 1.165) is 38.5 Å². The molecule has 0 aromatic heterocycles. The highest BCUT2D eigenvalue weighted by Crippen LogP contribution is 2.48. The van der Waals surface area contributed by atoms with Crippen LogP contribution in [0.5, 0.6) is 0 Å². The van der Waals surface area contributed by atoms with Crippen molar-refractivity contribution >= 4 is 5.97 Å². The monoisotopic (exact) mass is 268 g/mol. The predicted octanol–water partition coefficient (Wildman–Crippen LogP) is 3.44. The number of aliphatic hydroxyl groups is 1. The average molecular weight is 268 g/mol. The molecule has 0 aromatic carbocycles. The maximum absolute atomic E-state index is 12.2. The van der Waals surface area contributed by atoms with Gasteiger partial charge in [-0.1, -0.05) is 26.7 Å². The molecule has 0 spiro atoms. The van der Waals surface area contributed by atoms with E-state index in [1.807, 2.05) is 20.8 Å². The molecule has 0 aromatic rings. The van der Waals surface area contributed by atoms with Crippen molar-refractivity contribution in [3.05, 3.63) is 0 Å². The molecule has 2 aliphatic rings. The Hall–Kier alpha value is -0.570. The maximum atomic E-state index is 12.2. The van der Waals surface area contributed by atoms with Crippen LogP contribution in [0.1, 0.15) is 72.1 Å². The van der Waals surface area contributed by atoms with E-state index in [2.05, 4.69) is 0 Å². The molecule has 0 radical (unpaired) electrons. The summed E-state index contributed by atoms with van der Waals surface area (Å²) in [6.07, 6.45) is 7.23. The third-order valence-electron chi connectivity index (χ3n) is 5.01. The van der Waals surface area contributed by atoms with Crippen molar-refractivity contribution in [2.45, 2.75) is 83.3 Å². The first kappa shape index (κ1) is 14.8. The molecule has 2 aliphatic carbocycles. The molecule has 2 fully saturated rings. The summed E-state index contributed by atoms with van der Waals surface area (Å²) >= 11 is 0. The summed E-state index contributed by atoms with van der Waals surface area (Å²) in [4.78, 5) is 12.2. The van der Waals surface area contributed by atoms with Crippen molar-refractivity contribution < 1.29 is 14.6 Å². The molecule has 2 saturated carbocycles. The molecule has 3 atom stereocenters. The van der Waals surface area contributed by atoms with Gasteiger partial charge in [-0.3, -0.25) is 4.79 Å². The number of rotatable bonds is 4. The van der Waals surface area contributed by atoms with Crippen LogP contribution in [0.2, 0.25) is 0 Å². The van der Waals surface area contributed by atoms with Crippen LogP contribution in [-0.2, 0) is 9.53 Å². The molecule has 2 bridgehead atoms. The van der Waals surface area contributed by atoms with Gasteiger partial charge < -0.3 is 9.84 Å². The molecule has 0 heterocycles. The summed E-state index contributed by atoms with van der Waals surface area (Å²) in [6, 6.07) is 0. The van der Waals surface area contributed by atoms with Crippen LogP contribution in [0.15, 0.2) is 0 Å². The van der Waals surface area contributed by atoms with Gasteiger partial charge in [-0.2, -0.15) is 0 Å². The number of ether oxygens (including phenoxy) is 1. The minimum Gasteiger partial charge on any atom is -0.459 e. The van der Waals surface area contributed by atoms with E-state index in [1.54, 1.807) is 0 Å². The number of hydrogen-bond donors (Lipinski definition) is 1. The molecule has 3 heteroatoms. The van der Waals surface area contributed by atoms with Gasteiger partial charge in [-0.25, -0.2) is 0 Å². The zero-order chi connectivity index (χ0) is 14.1. The van der Waals surface area contributed by atoms with Gasteiger partial charge in [0.15, 0.2) is 0 Å². The molecule has 0 aliphatic heterocycles. The first-order chi connectivity index (χ1) is 8.90. The van der Waals surface area contributed by atoms with Gasteiger partial charge in [-0.05, 0) is 44.9 Å². The Labute approximate surface area is 116 Å². The quantitative estimate of drug-likeness (QED) is 0.794. The van der Waals surface area contributed by atoms with E-state index in [4.69, 9.17) is 4.74 Å². The van der Waals surface area contributed by atoms with E-state index in [-0.39, 0.29) is 11.9 Å². The second-order valence-electron chi connectivity index (χ2n) is 6.95. The standard InChI is InChI=1S/C16H28O3/c1-4-13(5-2)14(17)19-15(3)9-12-7-6-8-16(18,10-12)11-15/h12-13,18H,4-11H2,1-3H3. The Balaban J connectivity index is 2.04. The lowest BCUT2D eigenvalue weighted by atomic mass is 9.64. The fourth-order valence-electron chi connectivity index (χ4n) is 4.20. The lowest BCUT2D eigenvalue weighted by Crippen LogP contribution is -2.51. The zero-order valence-corrected chi connectivity index (χ0v) is 12.6. The van der Waals surface area contributed by atoms with Crippen molar-refractivity contribution in [1.29, 1.82) is 0 Å². The number of fused-ring (bicyclic) bond motifs is 2. The van der Waals surface area contributed by atoms with E-state index in [0.29, 0.717) is 12.3 Å². The normalized spacial score (nSPS) is 38.3. The number of carbonyl (C=O) groups excluding carboxylic acids is 1. The highest BCUT2D eigenvalue weighted by molar-refractivity contribution is 5.72. The van der Waals surface area contributed by atoms with Crippen molar-refractivity contribution in [3.8, 4) is 0 Å². The van der Waals surface area contributed by atoms with Gasteiger partial charge in [0.2, 0.25) is 0 Å². The third kappa shape index (κ3) is 3.31. The minimum absolute atomic E-state index is 0.00762. The van der Waals surface area contributed by atoms with Crippen LogP contribution in [0.3, 0.4) is 0 Å². The smallest absolute Gasteiger partial charge is 0.309 e. The summed E-state index contributed by atoms with van der Waals surface area (Å²) in [6.45, 7) is 6.07. The zero-order valence-electron chi connectivity index (χ0n) is 12.6. The lowest BCUT2D eigenvalue weighted by Gasteiger charge is -2.49. The first-order valence-electron chi connectivity index (χ1n) is 7.85. The maximum Gasteiger partial charge on any atom is 0.309 e. The highest BCUT2D eigenvalue weighted by atomic mass is 16.6. The fourth-order valence-corrected chi connectivity index (χ4v) is 4.20. The average Bonchev–Trinajstić information content (AvgIpc) is 2.27. The van der Waals surface area contributed by atoms with Gasteiger partial charge in [0.25, 0.3) is 0 Å². The Kier molecular flexibility index (Phi) is 4.24. The molecular formula is C16H28O3. The van der Waals surface area contributed by atoms with Crippen molar-refractivity contribution in [2.24, 2.45) is 11.8 Å². The van der Waals surface area contributed by atoms with Crippen LogP contribution in [0, 0.1) is 11.8 Å². The Morgan fingerprint density at radius 1 is 1.37 bits per heavy atom. The predicted molar refractivity (Wildman–Crippen MR) is 74.7 cm³/mol. The third-order valence-corrected chi connectivity index (χ3v) is 5.01. The van der Waals surface area contributed by atoms with Crippen LogP contribution < -0.4 is 0 Å². The van der Waals surface area contributed by atoms with Crippen LogP contribution in [0.4, 0.5) is 0 Å². The minimum atomic E-state index is -0.593. The molecule has 2 rings (SSSR count). The van der Waals surface area contributed by atoms with Crippen LogP contribution in [-0.4, -0.2) is 22.3 Å². The summed E-state index contributed by atoms with van der Waals surface area (Å²) in [5.41, 5.74) is -1.05. The molecule has 0 saturated heterocycles. The van der Waals surface area contributed by atoms with Crippen molar-refractivity contribution in [2.75, 3.05) is 0 Å². The Morgan fingerprint density at radius 3 is 2.63 bits per heavy atom. The number of hydrogen-bond acceptors (Lipinski definition) is 3. The summed E-state index contributed by atoms with van der Waals surface area (Å²) in [7, 11) is 0. The van der Waals surface area contributed by atoms with Crippen LogP contribution in [0.25, 0.3) is 0 Å². The lowest BCUT2D eigenvalue weighted by molar-refractivity contribution is -0.185. The molecule has 19 heavy (non-hydrogen) atoms. The highest BCUT2D eigenvalue weighted by Gasteiger charge is 2.49. The molecule has 110 valence electrons. The molecule has 0 amide bonds. The van der Waals surface area contributed by atoms with Gasteiger partial charge in [0.05, 0.1) is 11.5 Å². The van der Waals surface area contributed by atoms with Crippen molar-refractivity contribution in [3.63, 3.8) is 0 Å². The first-order valence-corrected chi connectivity index (χ1v) is 7.85. The van der Waals surface area contributed by atoms with E-state index < -0.39 is 11.2 Å². The Morgan fingerprint density at radius 2 is 2.05 bits per heavy atom. The van der Waals surface area contributed by atoms with Gasteiger partial charge in [-0.15, -0.1) is 0 Å². The molecule has 1 N–H and O–H groups in total. The molecule has 3 unspecified atom stereocenters. The summed E-state index contributed by atoms with van der Waals surface area (Å²) in [5.74, 6) is 0.455. The fraction of sp³-hybridized carbons (Fsp3) is 0.938. The van der Waals surface area contributed by atoms with Gasteiger partial charge >= 0.3 is 5.97 Å². The van der Waals surface area contributed by atoms with E-state index in [9.17, 15) is 9.90 Å². The van der Waals surface area contributed by atoms with E-state index >= 15 is 0 Å². The second kappa shape index (κ2) is 5.43. The second-order valence-corrected chi connectivity index (χ2v) is 6.95. The topological polar surface area (TPSA) is 46.5 Å². The number of esters is 1.